The van der Waals surface area contributed by atoms with Gasteiger partial charge in [-0.05, 0) is 19.8 Å². The van der Waals surface area contributed by atoms with Gasteiger partial charge in [0.2, 0.25) is 10.0 Å². The van der Waals surface area contributed by atoms with Gasteiger partial charge < -0.3 is 0 Å². The van der Waals surface area contributed by atoms with Crippen LogP contribution in [0.25, 0.3) is 5.82 Å². The molecule has 0 aliphatic carbocycles. The molecule has 0 N–H and O–H groups in total. The Bertz CT molecular complexity index is 758. The van der Waals surface area contributed by atoms with Crippen LogP contribution in [-0.2, 0) is 10.0 Å². The molecule has 118 valence electrons. The van der Waals surface area contributed by atoms with Crippen LogP contribution in [0.4, 0.5) is 0 Å². The number of rotatable bonds is 3. The molecule has 0 saturated carbocycles. The van der Waals surface area contributed by atoms with Crippen LogP contribution < -0.4 is 0 Å². The van der Waals surface area contributed by atoms with E-state index in [9.17, 15) is 8.42 Å². The molecule has 7 nitrogen and oxygen atoms in total. The summed E-state index contributed by atoms with van der Waals surface area (Å²) >= 11 is 0. The van der Waals surface area contributed by atoms with Gasteiger partial charge in [-0.15, -0.1) is 0 Å². The number of aromatic nitrogens is 4. The van der Waals surface area contributed by atoms with Gasteiger partial charge in [-0.1, -0.05) is 0 Å². The first-order chi connectivity index (χ1) is 10.4. The lowest BCUT2D eigenvalue weighted by atomic mass is 9.99. The minimum Gasteiger partial charge on any atom is -0.290 e. The van der Waals surface area contributed by atoms with Crippen LogP contribution in [0.3, 0.4) is 0 Å². The zero-order valence-corrected chi connectivity index (χ0v) is 13.5. The van der Waals surface area contributed by atoms with Crippen LogP contribution in [0.1, 0.15) is 30.3 Å². The van der Waals surface area contributed by atoms with Gasteiger partial charge in [0.25, 0.3) is 0 Å². The Morgan fingerprint density at radius 2 is 2.14 bits per heavy atom. The lowest BCUT2D eigenvalue weighted by Crippen LogP contribution is -2.38. The first-order valence-corrected chi connectivity index (χ1v) is 9.07. The number of hydrogen-bond acceptors (Lipinski definition) is 5. The van der Waals surface area contributed by atoms with E-state index in [-0.39, 0.29) is 5.92 Å². The molecule has 1 unspecified atom stereocenters. The van der Waals surface area contributed by atoms with Gasteiger partial charge in [-0.25, -0.2) is 27.7 Å². The van der Waals surface area contributed by atoms with E-state index >= 15 is 0 Å². The molecule has 0 spiro atoms. The van der Waals surface area contributed by atoms with Gasteiger partial charge in [0.15, 0.2) is 0 Å². The highest BCUT2D eigenvalue weighted by atomic mass is 32.2. The van der Waals surface area contributed by atoms with Crippen LogP contribution in [0, 0.1) is 6.92 Å². The molecular formula is C14H19N5O2S. The molecule has 0 aromatic carbocycles. The van der Waals surface area contributed by atoms with Crippen LogP contribution >= 0.6 is 0 Å². The summed E-state index contributed by atoms with van der Waals surface area (Å²) < 4.78 is 26.9. The minimum atomic E-state index is -3.17. The molecule has 8 heteroatoms. The average Bonchev–Trinajstić information content (AvgIpc) is 3.00. The fourth-order valence-electron chi connectivity index (χ4n) is 2.74. The van der Waals surface area contributed by atoms with Crippen molar-refractivity contribution in [2.75, 3.05) is 19.3 Å². The Balaban J connectivity index is 1.91. The largest absolute Gasteiger partial charge is 0.290 e. The summed E-state index contributed by atoms with van der Waals surface area (Å²) in [5, 5.41) is 0. The van der Waals surface area contributed by atoms with Gasteiger partial charge in [-0.2, -0.15) is 0 Å². The van der Waals surface area contributed by atoms with Gasteiger partial charge in [-0.3, -0.25) is 4.57 Å². The van der Waals surface area contributed by atoms with Crippen molar-refractivity contribution in [3.63, 3.8) is 0 Å². The van der Waals surface area contributed by atoms with Crippen LogP contribution in [0.15, 0.2) is 24.8 Å². The lowest BCUT2D eigenvalue weighted by molar-refractivity contribution is 0.310. The highest BCUT2D eigenvalue weighted by molar-refractivity contribution is 7.88. The molecule has 2 aromatic rings. The summed E-state index contributed by atoms with van der Waals surface area (Å²) in [7, 11) is -3.17. The molecule has 1 atom stereocenters. The van der Waals surface area contributed by atoms with E-state index in [0.29, 0.717) is 18.9 Å². The summed E-state index contributed by atoms with van der Waals surface area (Å²) in [6.45, 7) is 2.95. The Kier molecular flexibility index (Phi) is 3.96. The van der Waals surface area contributed by atoms with E-state index in [0.717, 1.165) is 24.4 Å². The zero-order valence-electron chi connectivity index (χ0n) is 12.7. The van der Waals surface area contributed by atoms with Gasteiger partial charge in [0.05, 0.1) is 6.26 Å². The van der Waals surface area contributed by atoms with Gasteiger partial charge >= 0.3 is 0 Å². The predicted octanol–water partition coefficient (Wildman–Crippen LogP) is 1.11. The predicted molar refractivity (Wildman–Crippen MR) is 82.3 cm³/mol. The molecule has 2 aromatic heterocycles. The van der Waals surface area contributed by atoms with E-state index in [1.165, 1.54) is 10.6 Å². The second kappa shape index (κ2) is 5.77. The number of hydrogen-bond donors (Lipinski definition) is 0. The molecule has 22 heavy (non-hydrogen) atoms. The summed E-state index contributed by atoms with van der Waals surface area (Å²) in [5.41, 5.74) is 0.866. The number of piperidine rings is 1. The van der Waals surface area contributed by atoms with E-state index in [1.807, 2.05) is 23.8 Å². The third-order valence-electron chi connectivity index (χ3n) is 3.85. The Morgan fingerprint density at radius 3 is 2.82 bits per heavy atom. The molecule has 0 amide bonds. The molecule has 3 rings (SSSR count). The zero-order chi connectivity index (χ0) is 15.7. The van der Waals surface area contributed by atoms with Crippen molar-refractivity contribution < 1.29 is 8.42 Å². The fraction of sp³-hybridized carbons (Fsp3) is 0.500. The second-order valence-corrected chi connectivity index (χ2v) is 7.64. The van der Waals surface area contributed by atoms with Crippen molar-refractivity contribution in [1.82, 2.24) is 23.8 Å². The summed E-state index contributed by atoms with van der Waals surface area (Å²) in [6.07, 6.45) is 8.20. The first-order valence-electron chi connectivity index (χ1n) is 7.22. The summed E-state index contributed by atoms with van der Waals surface area (Å²) in [5.74, 6) is 1.50. The number of nitrogens with zero attached hydrogens (tertiary/aromatic N) is 5. The summed E-state index contributed by atoms with van der Waals surface area (Å²) in [4.78, 5) is 13.2. The average molecular weight is 321 g/mol. The molecule has 1 aliphatic rings. The number of aryl methyl sites for hydroxylation is 1. The lowest BCUT2D eigenvalue weighted by Gasteiger charge is -2.30. The van der Waals surface area contributed by atoms with Crippen molar-refractivity contribution in [2.45, 2.75) is 25.7 Å². The normalized spacial score (nSPS) is 20.2. The topological polar surface area (TPSA) is 81.0 Å². The maximum absolute atomic E-state index is 11.8. The van der Waals surface area contributed by atoms with Crippen molar-refractivity contribution >= 4 is 10.0 Å². The summed E-state index contributed by atoms with van der Waals surface area (Å²) in [6, 6.07) is 1.89. The first kappa shape index (κ1) is 15.1. The molecule has 0 bridgehead atoms. The monoisotopic (exact) mass is 321 g/mol. The molecule has 1 saturated heterocycles. The van der Waals surface area contributed by atoms with Gasteiger partial charge in [0.1, 0.15) is 18.0 Å². The molecular weight excluding hydrogens is 302 g/mol. The minimum absolute atomic E-state index is 0.0330. The van der Waals surface area contributed by atoms with Crippen LogP contribution in [-0.4, -0.2) is 51.6 Å². The molecule has 3 heterocycles. The number of sulfonamides is 1. The van der Waals surface area contributed by atoms with Crippen molar-refractivity contribution in [3.05, 3.63) is 36.3 Å². The molecule has 1 fully saturated rings. The standard InChI is InChI=1S/C14H19N5O2S/c1-11-8-13(18-7-5-15-10-18)17-14(16-11)12-4-3-6-19(9-12)22(2,20)21/h5,7-8,10,12H,3-4,6,9H2,1-2H3. The van der Waals surface area contributed by atoms with E-state index in [4.69, 9.17) is 0 Å². The number of imidazole rings is 1. The highest BCUT2D eigenvalue weighted by Gasteiger charge is 2.28. The van der Waals surface area contributed by atoms with Crippen molar-refractivity contribution in [1.29, 1.82) is 0 Å². The van der Waals surface area contributed by atoms with Gasteiger partial charge in [0, 0.05) is 43.2 Å². The molecule has 0 radical (unpaired) electrons. The Morgan fingerprint density at radius 1 is 1.32 bits per heavy atom. The second-order valence-electron chi connectivity index (χ2n) is 5.66. The maximum Gasteiger partial charge on any atom is 0.211 e. The van der Waals surface area contributed by atoms with Crippen molar-refractivity contribution in [2.24, 2.45) is 0 Å². The Hall–Kier alpha value is -1.80. The highest BCUT2D eigenvalue weighted by Crippen LogP contribution is 2.26. The quantitative estimate of drug-likeness (QED) is 0.846. The third-order valence-corrected chi connectivity index (χ3v) is 5.11. The van der Waals surface area contributed by atoms with Crippen LogP contribution in [0.2, 0.25) is 0 Å². The maximum atomic E-state index is 11.8. The third kappa shape index (κ3) is 3.17. The van der Waals surface area contributed by atoms with E-state index < -0.39 is 10.0 Å². The van der Waals surface area contributed by atoms with Crippen molar-refractivity contribution in [3.8, 4) is 5.82 Å². The fourth-order valence-corrected chi connectivity index (χ4v) is 3.65. The molecule has 1 aliphatic heterocycles. The Labute approximate surface area is 130 Å². The van der Waals surface area contributed by atoms with Crippen LogP contribution in [0.5, 0.6) is 0 Å². The van der Waals surface area contributed by atoms with E-state index in [2.05, 4.69) is 15.0 Å². The van der Waals surface area contributed by atoms with E-state index in [1.54, 1.807) is 12.5 Å². The smallest absolute Gasteiger partial charge is 0.211 e. The SMILES string of the molecule is Cc1cc(-n2ccnc2)nc(C2CCCN(S(C)(=O)=O)C2)n1.